The van der Waals surface area contributed by atoms with Crippen molar-refractivity contribution in [2.45, 2.75) is 25.3 Å². The maximum absolute atomic E-state index is 12.0. The Labute approximate surface area is 112 Å². The van der Waals surface area contributed by atoms with Gasteiger partial charge in [-0.1, -0.05) is 6.07 Å². The Morgan fingerprint density at radius 1 is 1.37 bits per heavy atom. The third-order valence-electron chi connectivity index (χ3n) is 3.76. The lowest BCUT2D eigenvalue weighted by atomic mass is 10.1. The monoisotopic (exact) mass is 257 g/mol. The van der Waals surface area contributed by atoms with Gasteiger partial charge in [-0.15, -0.1) is 0 Å². The van der Waals surface area contributed by atoms with Gasteiger partial charge >= 0.3 is 0 Å². The van der Waals surface area contributed by atoms with E-state index in [1.807, 2.05) is 30.5 Å². The molecule has 1 amide bonds. The summed E-state index contributed by atoms with van der Waals surface area (Å²) in [7, 11) is 0. The molecule has 2 heterocycles. The third kappa shape index (κ3) is 2.79. The second kappa shape index (κ2) is 5.45. The number of carbonyl (C=O) groups excluding carboxylic acids is 1. The van der Waals surface area contributed by atoms with Crippen LogP contribution in [0.25, 0.3) is 10.9 Å². The predicted octanol–water partition coefficient (Wildman–Crippen LogP) is 2.04. The standard InChI is InChI=1S/C15H19N3O/c19-15(18-9-6-13-2-1-7-16-13)12-4-3-11-5-8-17-14(11)10-12/h3-5,8,10,13,16-17H,1-2,6-7,9H2,(H,18,19)/t13-/m1/s1. The number of hydrogen-bond donors (Lipinski definition) is 3. The quantitative estimate of drug-likeness (QED) is 0.785. The minimum absolute atomic E-state index is 0.00879. The SMILES string of the molecule is O=C(NCC[C@H]1CCCN1)c1ccc2cc[nH]c2c1. The lowest BCUT2D eigenvalue weighted by Gasteiger charge is -2.10. The number of carbonyl (C=O) groups is 1. The van der Waals surface area contributed by atoms with Crippen LogP contribution in [0.1, 0.15) is 29.6 Å². The van der Waals surface area contributed by atoms with Gasteiger partial charge in [-0.3, -0.25) is 4.79 Å². The molecule has 1 aliphatic heterocycles. The van der Waals surface area contributed by atoms with E-state index in [0.29, 0.717) is 11.6 Å². The van der Waals surface area contributed by atoms with E-state index in [1.54, 1.807) is 0 Å². The van der Waals surface area contributed by atoms with E-state index < -0.39 is 0 Å². The topological polar surface area (TPSA) is 56.9 Å². The van der Waals surface area contributed by atoms with Crippen LogP contribution in [0.2, 0.25) is 0 Å². The van der Waals surface area contributed by atoms with Crippen molar-refractivity contribution in [1.82, 2.24) is 15.6 Å². The predicted molar refractivity (Wildman–Crippen MR) is 76.3 cm³/mol. The molecule has 3 N–H and O–H groups in total. The molecule has 4 heteroatoms. The first-order chi connectivity index (χ1) is 9.33. The van der Waals surface area contributed by atoms with Gasteiger partial charge in [0.2, 0.25) is 0 Å². The van der Waals surface area contributed by atoms with Gasteiger partial charge in [-0.2, -0.15) is 0 Å². The number of aromatic amines is 1. The second-order valence-electron chi connectivity index (χ2n) is 5.12. The Morgan fingerprint density at radius 2 is 2.32 bits per heavy atom. The summed E-state index contributed by atoms with van der Waals surface area (Å²) in [4.78, 5) is 15.2. The van der Waals surface area contributed by atoms with Gasteiger partial charge in [-0.25, -0.2) is 0 Å². The molecule has 1 saturated heterocycles. The third-order valence-corrected chi connectivity index (χ3v) is 3.76. The van der Waals surface area contributed by atoms with E-state index in [1.165, 1.54) is 12.8 Å². The van der Waals surface area contributed by atoms with Crippen molar-refractivity contribution in [2.75, 3.05) is 13.1 Å². The van der Waals surface area contributed by atoms with E-state index in [0.717, 1.165) is 30.4 Å². The van der Waals surface area contributed by atoms with E-state index >= 15 is 0 Å². The van der Waals surface area contributed by atoms with Crippen molar-refractivity contribution < 1.29 is 4.79 Å². The number of H-pyrrole nitrogens is 1. The molecule has 2 aromatic rings. The Hall–Kier alpha value is -1.81. The molecule has 0 saturated carbocycles. The molecular weight excluding hydrogens is 238 g/mol. The summed E-state index contributed by atoms with van der Waals surface area (Å²) in [5.41, 5.74) is 1.72. The molecule has 1 aromatic heterocycles. The number of nitrogens with one attached hydrogen (secondary N) is 3. The highest BCUT2D eigenvalue weighted by Crippen LogP contribution is 2.14. The van der Waals surface area contributed by atoms with Crippen LogP contribution in [-0.4, -0.2) is 30.0 Å². The zero-order valence-electron chi connectivity index (χ0n) is 10.9. The fourth-order valence-corrected chi connectivity index (χ4v) is 2.65. The summed E-state index contributed by atoms with van der Waals surface area (Å²) in [6, 6.07) is 8.33. The highest BCUT2D eigenvalue weighted by Gasteiger charge is 2.14. The van der Waals surface area contributed by atoms with Gasteiger partial charge < -0.3 is 15.6 Å². The Balaban J connectivity index is 1.56. The van der Waals surface area contributed by atoms with E-state index in [9.17, 15) is 4.79 Å². The molecule has 1 aliphatic rings. The van der Waals surface area contributed by atoms with Crippen molar-refractivity contribution >= 4 is 16.8 Å². The fourth-order valence-electron chi connectivity index (χ4n) is 2.65. The molecule has 1 aromatic carbocycles. The summed E-state index contributed by atoms with van der Waals surface area (Å²) in [5.74, 6) is 0.00879. The van der Waals surface area contributed by atoms with Crippen molar-refractivity contribution in [3.63, 3.8) is 0 Å². The zero-order chi connectivity index (χ0) is 13.1. The number of benzene rings is 1. The molecule has 100 valence electrons. The van der Waals surface area contributed by atoms with Crippen LogP contribution in [0.4, 0.5) is 0 Å². The largest absolute Gasteiger partial charge is 0.361 e. The summed E-state index contributed by atoms with van der Waals surface area (Å²) in [6.07, 6.45) is 5.38. The maximum Gasteiger partial charge on any atom is 0.251 e. The van der Waals surface area contributed by atoms with Gasteiger partial charge in [0.25, 0.3) is 5.91 Å². The average Bonchev–Trinajstić information content (AvgIpc) is 3.08. The molecule has 0 unspecified atom stereocenters. The zero-order valence-corrected chi connectivity index (χ0v) is 10.9. The highest BCUT2D eigenvalue weighted by molar-refractivity contribution is 5.97. The van der Waals surface area contributed by atoms with Crippen molar-refractivity contribution in [3.8, 4) is 0 Å². The number of aromatic nitrogens is 1. The van der Waals surface area contributed by atoms with Crippen LogP contribution >= 0.6 is 0 Å². The maximum atomic E-state index is 12.0. The summed E-state index contributed by atoms with van der Waals surface area (Å²) in [6.45, 7) is 1.85. The van der Waals surface area contributed by atoms with Crippen LogP contribution < -0.4 is 10.6 Å². The Bertz CT molecular complexity index is 570. The first-order valence-electron chi connectivity index (χ1n) is 6.92. The minimum Gasteiger partial charge on any atom is -0.361 e. The van der Waals surface area contributed by atoms with Crippen LogP contribution in [0.5, 0.6) is 0 Å². The molecule has 0 radical (unpaired) electrons. The molecule has 4 nitrogen and oxygen atoms in total. The Kier molecular flexibility index (Phi) is 3.51. The summed E-state index contributed by atoms with van der Waals surface area (Å²) < 4.78 is 0. The van der Waals surface area contributed by atoms with Gasteiger partial charge in [0, 0.05) is 29.9 Å². The smallest absolute Gasteiger partial charge is 0.251 e. The number of amides is 1. The molecule has 0 spiro atoms. The lowest BCUT2D eigenvalue weighted by molar-refractivity contribution is 0.0952. The van der Waals surface area contributed by atoms with E-state index in [2.05, 4.69) is 15.6 Å². The molecule has 19 heavy (non-hydrogen) atoms. The van der Waals surface area contributed by atoms with E-state index in [-0.39, 0.29) is 5.91 Å². The van der Waals surface area contributed by atoms with Gasteiger partial charge in [-0.05, 0) is 49.4 Å². The summed E-state index contributed by atoms with van der Waals surface area (Å²) >= 11 is 0. The second-order valence-corrected chi connectivity index (χ2v) is 5.12. The van der Waals surface area contributed by atoms with Gasteiger partial charge in [0.1, 0.15) is 0 Å². The number of hydrogen-bond acceptors (Lipinski definition) is 2. The van der Waals surface area contributed by atoms with Crippen molar-refractivity contribution in [2.24, 2.45) is 0 Å². The van der Waals surface area contributed by atoms with Gasteiger partial charge in [0.15, 0.2) is 0 Å². The first-order valence-corrected chi connectivity index (χ1v) is 6.92. The average molecular weight is 257 g/mol. The molecular formula is C15H19N3O. The van der Waals surface area contributed by atoms with E-state index in [4.69, 9.17) is 0 Å². The van der Waals surface area contributed by atoms with Crippen LogP contribution in [0.3, 0.4) is 0 Å². The Morgan fingerprint density at radius 3 is 3.16 bits per heavy atom. The lowest BCUT2D eigenvalue weighted by Crippen LogP contribution is -2.30. The van der Waals surface area contributed by atoms with Gasteiger partial charge in [0.05, 0.1) is 0 Å². The van der Waals surface area contributed by atoms with Crippen molar-refractivity contribution in [3.05, 3.63) is 36.0 Å². The highest BCUT2D eigenvalue weighted by atomic mass is 16.1. The van der Waals surface area contributed by atoms with Crippen LogP contribution in [0.15, 0.2) is 30.5 Å². The summed E-state index contributed by atoms with van der Waals surface area (Å²) in [5, 5.41) is 7.56. The molecule has 0 aliphatic carbocycles. The molecule has 1 fully saturated rings. The molecule has 3 rings (SSSR count). The normalized spacial score (nSPS) is 18.8. The molecule has 0 bridgehead atoms. The fraction of sp³-hybridized carbons (Fsp3) is 0.400. The van der Waals surface area contributed by atoms with Crippen LogP contribution in [0, 0.1) is 0 Å². The first kappa shape index (κ1) is 12.2. The van der Waals surface area contributed by atoms with Crippen LogP contribution in [-0.2, 0) is 0 Å². The minimum atomic E-state index is 0.00879. The number of rotatable bonds is 4. The van der Waals surface area contributed by atoms with Crippen molar-refractivity contribution in [1.29, 1.82) is 0 Å². The number of fused-ring (bicyclic) bond motifs is 1. The molecule has 1 atom stereocenters.